The standard InChI is InChI=1S/C25H19N3O5S/c1-15-26-27-25(34-15)28-21(20(23(30)24(28)31)22(29)19-11-6-12-32-19)17-9-5-10-18(13-17)33-14-16-7-3-2-4-8-16/h2-13,21,30H,14H2,1H3/t21-/m1/s1. The summed E-state index contributed by atoms with van der Waals surface area (Å²) in [6, 6.07) is 18.9. The topological polar surface area (TPSA) is 106 Å². The van der Waals surface area contributed by atoms with Crippen LogP contribution in [0.1, 0.15) is 32.7 Å². The highest BCUT2D eigenvalue weighted by Crippen LogP contribution is 2.43. The molecule has 9 heteroatoms. The number of rotatable bonds is 7. The SMILES string of the molecule is Cc1nnc(N2C(=O)C(O)=C(C(=O)c3ccco3)[C@H]2c2cccc(OCc3ccccc3)c2)s1. The number of hydrogen-bond acceptors (Lipinski definition) is 8. The van der Waals surface area contributed by atoms with Gasteiger partial charge in [0.05, 0.1) is 17.9 Å². The van der Waals surface area contributed by atoms with E-state index in [0.717, 1.165) is 5.56 Å². The molecule has 8 nitrogen and oxygen atoms in total. The Hall–Kier alpha value is -4.24. The molecule has 0 aliphatic carbocycles. The third kappa shape index (κ3) is 3.97. The Balaban J connectivity index is 1.55. The van der Waals surface area contributed by atoms with Crippen molar-refractivity contribution in [2.24, 2.45) is 0 Å². The molecule has 0 unspecified atom stereocenters. The number of aliphatic hydroxyl groups excluding tert-OH is 1. The van der Waals surface area contributed by atoms with Gasteiger partial charge in [-0.1, -0.05) is 53.8 Å². The third-order valence-electron chi connectivity index (χ3n) is 5.34. The van der Waals surface area contributed by atoms with Crippen molar-refractivity contribution in [3.8, 4) is 5.75 Å². The van der Waals surface area contributed by atoms with Crippen LogP contribution in [0, 0.1) is 6.92 Å². The summed E-state index contributed by atoms with van der Waals surface area (Å²) in [4.78, 5) is 27.7. The van der Waals surface area contributed by atoms with Crippen LogP contribution in [0.15, 0.2) is 88.7 Å². The second kappa shape index (κ2) is 8.95. The zero-order chi connectivity index (χ0) is 23.7. The fraction of sp³-hybridized carbons (Fsp3) is 0.120. The molecule has 4 aromatic rings. The van der Waals surface area contributed by atoms with E-state index in [1.807, 2.05) is 30.3 Å². The lowest BCUT2D eigenvalue weighted by atomic mass is 9.95. The van der Waals surface area contributed by atoms with E-state index in [4.69, 9.17) is 9.15 Å². The number of nitrogens with zero attached hydrogens (tertiary/aromatic N) is 3. The number of furan rings is 1. The maximum absolute atomic E-state index is 13.3. The lowest BCUT2D eigenvalue weighted by molar-refractivity contribution is -0.117. The smallest absolute Gasteiger partial charge is 0.296 e. The van der Waals surface area contributed by atoms with Gasteiger partial charge in [-0.25, -0.2) is 0 Å². The summed E-state index contributed by atoms with van der Waals surface area (Å²) >= 11 is 1.19. The lowest BCUT2D eigenvalue weighted by Gasteiger charge is -2.24. The van der Waals surface area contributed by atoms with Gasteiger partial charge in [0.25, 0.3) is 5.91 Å². The number of amides is 1. The number of benzene rings is 2. The van der Waals surface area contributed by atoms with E-state index in [-0.39, 0.29) is 16.5 Å². The minimum atomic E-state index is -0.933. The van der Waals surface area contributed by atoms with Gasteiger partial charge in [0, 0.05) is 0 Å². The third-order valence-corrected chi connectivity index (χ3v) is 6.18. The predicted octanol–water partition coefficient (Wildman–Crippen LogP) is 4.80. The highest BCUT2D eigenvalue weighted by Gasteiger charge is 2.46. The van der Waals surface area contributed by atoms with E-state index < -0.39 is 23.5 Å². The molecule has 0 saturated carbocycles. The van der Waals surface area contributed by atoms with Gasteiger partial charge in [0.15, 0.2) is 11.5 Å². The van der Waals surface area contributed by atoms with Crippen molar-refractivity contribution in [1.29, 1.82) is 0 Å². The number of ketones is 1. The molecule has 5 rings (SSSR count). The van der Waals surface area contributed by atoms with Crippen LogP contribution in [0.3, 0.4) is 0 Å². The molecule has 2 aromatic heterocycles. The molecular weight excluding hydrogens is 454 g/mol. The van der Waals surface area contributed by atoms with Gasteiger partial charge in [-0.05, 0) is 42.3 Å². The largest absolute Gasteiger partial charge is 0.503 e. The van der Waals surface area contributed by atoms with Crippen molar-refractivity contribution in [3.63, 3.8) is 0 Å². The van der Waals surface area contributed by atoms with Gasteiger partial charge >= 0.3 is 0 Å². The lowest BCUT2D eigenvalue weighted by Crippen LogP contribution is -2.31. The Morgan fingerprint density at radius 2 is 1.94 bits per heavy atom. The van der Waals surface area contributed by atoms with E-state index in [1.165, 1.54) is 28.6 Å². The van der Waals surface area contributed by atoms with Crippen molar-refractivity contribution in [1.82, 2.24) is 10.2 Å². The molecule has 0 radical (unpaired) electrons. The minimum absolute atomic E-state index is 0.0196. The van der Waals surface area contributed by atoms with Gasteiger partial charge in [-0.15, -0.1) is 10.2 Å². The monoisotopic (exact) mass is 473 g/mol. The quantitative estimate of drug-likeness (QED) is 0.384. The van der Waals surface area contributed by atoms with Crippen LogP contribution in [0.25, 0.3) is 0 Å². The first-order valence-corrected chi connectivity index (χ1v) is 11.3. The highest BCUT2D eigenvalue weighted by atomic mass is 32.1. The van der Waals surface area contributed by atoms with Crippen LogP contribution in [0.5, 0.6) is 5.75 Å². The number of hydrogen-bond donors (Lipinski definition) is 1. The molecule has 2 aromatic carbocycles. The van der Waals surface area contributed by atoms with Crippen LogP contribution >= 0.6 is 11.3 Å². The summed E-state index contributed by atoms with van der Waals surface area (Å²) in [5, 5.41) is 19.8. The summed E-state index contributed by atoms with van der Waals surface area (Å²) < 4.78 is 11.2. The minimum Gasteiger partial charge on any atom is -0.503 e. The Bertz CT molecular complexity index is 1380. The second-order valence-electron chi connectivity index (χ2n) is 7.60. The first-order chi connectivity index (χ1) is 16.5. The Kier molecular flexibility index (Phi) is 5.69. The average Bonchev–Trinajstić information content (AvgIpc) is 3.59. The zero-order valence-corrected chi connectivity index (χ0v) is 18.9. The Morgan fingerprint density at radius 1 is 1.12 bits per heavy atom. The molecule has 0 spiro atoms. The Morgan fingerprint density at radius 3 is 2.65 bits per heavy atom. The van der Waals surface area contributed by atoms with Crippen LogP contribution in [0.2, 0.25) is 0 Å². The van der Waals surface area contributed by atoms with E-state index in [1.54, 1.807) is 37.3 Å². The summed E-state index contributed by atoms with van der Waals surface area (Å²) in [5.74, 6) is -1.38. The maximum Gasteiger partial charge on any atom is 0.296 e. The number of anilines is 1. The van der Waals surface area contributed by atoms with Gasteiger partial charge in [0.1, 0.15) is 17.4 Å². The number of Topliss-reactive ketones (excluding diaryl/α,β-unsaturated/α-hetero) is 1. The maximum atomic E-state index is 13.3. The molecule has 1 atom stereocenters. The van der Waals surface area contributed by atoms with Gasteiger partial charge in [-0.3, -0.25) is 14.5 Å². The number of aliphatic hydroxyl groups is 1. The highest BCUT2D eigenvalue weighted by molar-refractivity contribution is 7.15. The first kappa shape index (κ1) is 21.6. The second-order valence-corrected chi connectivity index (χ2v) is 8.76. The molecule has 1 amide bonds. The van der Waals surface area contributed by atoms with Crippen LogP contribution < -0.4 is 9.64 Å². The molecule has 0 fully saturated rings. The normalized spacial score (nSPS) is 15.7. The molecule has 0 bridgehead atoms. The van der Waals surface area contributed by atoms with Crippen LogP contribution in [-0.2, 0) is 11.4 Å². The number of aromatic nitrogens is 2. The van der Waals surface area contributed by atoms with E-state index in [2.05, 4.69) is 10.2 Å². The fourth-order valence-corrected chi connectivity index (χ4v) is 4.50. The molecule has 170 valence electrons. The zero-order valence-electron chi connectivity index (χ0n) is 18.0. The fourth-order valence-electron chi connectivity index (χ4n) is 3.79. The van der Waals surface area contributed by atoms with Crippen LogP contribution in [-0.4, -0.2) is 27.0 Å². The summed E-state index contributed by atoms with van der Waals surface area (Å²) in [6.45, 7) is 2.11. The number of carbonyl (C=O) groups excluding carboxylic acids is 2. The molecule has 34 heavy (non-hydrogen) atoms. The van der Waals surface area contributed by atoms with E-state index in [9.17, 15) is 14.7 Å². The Labute approximate surface area is 198 Å². The molecule has 1 N–H and O–H groups in total. The first-order valence-electron chi connectivity index (χ1n) is 10.4. The molecule has 0 saturated heterocycles. The molecule has 1 aliphatic rings. The molecular formula is C25H19N3O5S. The van der Waals surface area contributed by atoms with Crippen molar-refractivity contribution >= 4 is 28.2 Å². The molecule has 3 heterocycles. The summed E-state index contributed by atoms with van der Waals surface area (Å²) in [7, 11) is 0. The van der Waals surface area contributed by atoms with Crippen molar-refractivity contribution in [2.75, 3.05) is 4.90 Å². The van der Waals surface area contributed by atoms with E-state index in [0.29, 0.717) is 22.9 Å². The van der Waals surface area contributed by atoms with Gasteiger partial charge < -0.3 is 14.3 Å². The van der Waals surface area contributed by atoms with Crippen molar-refractivity contribution in [3.05, 3.63) is 106 Å². The van der Waals surface area contributed by atoms with Crippen molar-refractivity contribution in [2.45, 2.75) is 19.6 Å². The van der Waals surface area contributed by atoms with Gasteiger partial charge in [0.2, 0.25) is 10.9 Å². The number of aryl methyl sites for hydroxylation is 1. The van der Waals surface area contributed by atoms with Crippen molar-refractivity contribution < 1.29 is 23.8 Å². The number of carbonyl (C=O) groups is 2. The molecule has 1 aliphatic heterocycles. The predicted molar refractivity (Wildman–Crippen MR) is 125 cm³/mol. The summed E-state index contributed by atoms with van der Waals surface area (Å²) in [6.07, 6.45) is 1.36. The number of ether oxygens (including phenoxy) is 1. The summed E-state index contributed by atoms with van der Waals surface area (Å²) in [5.41, 5.74) is 1.49. The van der Waals surface area contributed by atoms with Crippen LogP contribution in [0.4, 0.5) is 5.13 Å². The average molecular weight is 474 g/mol. The van der Waals surface area contributed by atoms with Gasteiger partial charge in [-0.2, -0.15) is 0 Å². The van der Waals surface area contributed by atoms with E-state index >= 15 is 0 Å².